The van der Waals surface area contributed by atoms with Crippen molar-refractivity contribution in [1.29, 1.82) is 0 Å². The summed E-state index contributed by atoms with van der Waals surface area (Å²) in [6.45, 7) is 6.18. The van der Waals surface area contributed by atoms with Gasteiger partial charge in [0.05, 0.1) is 6.20 Å². The highest BCUT2D eigenvalue weighted by molar-refractivity contribution is 6.28. The van der Waals surface area contributed by atoms with Crippen LogP contribution in [0.15, 0.2) is 6.20 Å². The molecule has 0 atom stereocenters. The van der Waals surface area contributed by atoms with Crippen molar-refractivity contribution < 1.29 is 0 Å². The standard InChI is InChI=1S/C10H18ClN5/c1-10(2,7-16(3)4)6-12-8-5-13-15-9(11)14-8/h5H,6-7H2,1-4H3,(H,12,14,15). The molecule has 0 radical (unpaired) electrons. The van der Waals surface area contributed by atoms with E-state index in [0.29, 0.717) is 5.82 Å². The molecule has 0 saturated carbocycles. The van der Waals surface area contributed by atoms with Crippen LogP contribution in [-0.4, -0.2) is 47.3 Å². The molecule has 1 rings (SSSR count). The zero-order valence-electron chi connectivity index (χ0n) is 10.2. The highest BCUT2D eigenvalue weighted by Gasteiger charge is 2.18. The van der Waals surface area contributed by atoms with Crippen molar-refractivity contribution in [2.45, 2.75) is 13.8 Å². The molecule has 0 aliphatic heterocycles. The van der Waals surface area contributed by atoms with Gasteiger partial charge in [-0.25, -0.2) is 0 Å². The van der Waals surface area contributed by atoms with Gasteiger partial charge in [-0.2, -0.15) is 10.1 Å². The molecule has 0 aromatic carbocycles. The third kappa shape index (κ3) is 4.72. The molecular weight excluding hydrogens is 226 g/mol. The average molecular weight is 244 g/mol. The Hall–Kier alpha value is -0.940. The van der Waals surface area contributed by atoms with Crippen LogP contribution < -0.4 is 5.32 Å². The maximum atomic E-state index is 5.65. The summed E-state index contributed by atoms with van der Waals surface area (Å²) < 4.78 is 0. The molecule has 0 saturated heterocycles. The molecule has 6 heteroatoms. The summed E-state index contributed by atoms with van der Waals surface area (Å²) in [5.41, 5.74) is 0.154. The zero-order valence-corrected chi connectivity index (χ0v) is 10.9. The molecule has 1 heterocycles. The molecule has 5 nitrogen and oxygen atoms in total. The van der Waals surface area contributed by atoms with Gasteiger partial charge in [0, 0.05) is 13.1 Å². The Kier molecular flexibility index (Phi) is 4.44. The monoisotopic (exact) mass is 243 g/mol. The van der Waals surface area contributed by atoms with Crippen molar-refractivity contribution in [1.82, 2.24) is 20.1 Å². The summed E-state index contributed by atoms with van der Waals surface area (Å²) >= 11 is 5.65. The van der Waals surface area contributed by atoms with E-state index in [-0.39, 0.29) is 10.7 Å². The minimum Gasteiger partial charge on any atom is -0.368 e. The Bertz CT molecular complexity index is 340. The van der Waals surface area contributed by atoms with E-state index < -0.39 is 0 Å². The van der Waals surface area contributed by atoms with Gasteiger partial charge in [0.25, 0.3) is 0 Å². The highest BCUT2D eigenvalue weighted by Crippen LogP contribution is 2.16. The lowest BCUT2D eigenvalue weighted by molar-refractivity contribution is 0.254. The van der Waals surface area contributed by atoms with Gasteiger partial charge >= 0.3 is 0 Å². The molecule has 0 amide bonds. The van der Waals surface area contributed by atoms with Crippen molar-refractivity contribution in [3.63, 3.8) is 0 Å². The zero-order chi connectivity index (χ0) is 12.2. The minimum atomic E-state index is 0.154. The molecule has 1 aromatic rings. The van der Waals surface area contributed by atoms with Gasteiger partial charge in [0.15, 0.2) is 0 Å². The number of anilines is 1. The van der Waals surface area contributed by atoms with Crippen LogP contribution in [0.4, 0.5) is 5.82 Å². The smallest absolute Gasteiger partial charge is 0.244 e. The number of nitrogens with one attached hydrogen (secondary N) is 1. The van der Waals surface area contributed by atoms with Crippen LogP contribution in [0.2, 0.25) is 5.28 Å². The lowest BCUT2D eigenvalue weighted by atomic mass is 9.93. The van der Waals surface area contributed by atoms with Gasteiger partial charge in [-0.05, 0) is 31.1 Å². The first-order valence-corrected chi connectivity index (χ1v) is 5.51. The Balaban J connectivity index is 2.50. The van der Waals surface area contributed by atoms with Crippen LogP contribution >= 0.6 is 11.6 Å². The Morgan fingerprint density at radius 2 is 2.12 bits per heavy atom. The third-order valence-corrected chi connectivity index (χ3v) is 2.19. The molecule has 16 heavy (non-hydrogen) atoms. The first-order valence-electron chi connectivity index (χ1n) is 5.13. The number of halogens is 1. The number of hydrogen-bond donors (Lipinski definition) is 1. The molecule has 1 N–H and O–H groups in total. The molecule has 0 aliphatic carbocycles. The lowest BCUT2D eigenvalue weighted by Crippen LogP contribution is -2.34. The third-order valence-electron chi connectivity index (χ3n) is 2.03. The van der Waals surface area contributed by atoms with Gasteiger partial charge in [0.1, 0.15) is 5.82 Å². The number of hydrogen-bond acceptors (Lipinski definition) is 5. The fourth-order valence-electron chi connectivity index (χ4n) is 1.61. The number of nitrogens with zero attached hydrogens (tertiary/aromatic N) is 4. The molecule has 0 bridgehead atoms. The predicted molar refractivity (Wildman–Crippen MR) is 65.7 cm³/mol. The minimum absolute atomic E-state index is 0.154. The molecule has 0 aliphatic rings. The summed E-state index contributed by atoms with van der Waals surface area (Å²) in [6.07, 6.45) is 1.57. The van der Waals surface area contributed by atoms with Crippen molar-refractivity contribution in [3.05, 3.63) is 11.5 Å². The van der Waals surface area contributed by atoms with Gasteiger partial charge < -0.3 is 10.2 Å². The van der Waals surface area contributed by atoms with Crippen LogP contribution in [0.3, 0.4) is 0 Å². The van der Waals surface area contributed by atoms with E-state index in [1.807, 2.05) is 0 Å². The second kappa shape index (κ2) is 5.41. The lowest BCUT2D eigenvalue weighted by Gasteiger charge is -2.28. The molecule has 0 spiro atoms. The number of rotatable bonds is 5. The predicted octanol–water partition coefficient (Wildman–Crippen LogP) is 1.52. The van der Waals surface area contributed by atoms with Crippen molar-refractivity contribution in [2.75, 3.05) is 32.5 Å². The van der Waals surface area contributed by atoms with E-state index in [2.05, 4.69) is 53.3 Å². The fraction of sp³-hybridized carbons (Fsp3) is 0.700. The average Bonchev–Trinajstić information content (AvgIpc) is 2.13. The van der Waals surface area contributed by atoms with Gasteiger partial charge in [-0.3, -0.25) is 0 Å². The Morgan fingerprint density at radius 1 is 1.44 bits per heavy atom. The summed E-state index contributed by atoms with van der Waals surface area (Å²) in [4.78, 5) is 6.18. The van der Waals surface area contributed by atoms with E-state index in [4.69, 9.17) is 11.6 Å². The van der Waals surface area contributed by atoms with Crippen LogP contribution in [0.25, 0.3) is 0 Å². The summed E-state index contributed by atoms with van der Waals surface area (Å²) in [5, 5.41) is 10.7. The summed E-state index contributed by atoms with van der Waals surface area (Å²) in [6, 6.07) is 0. The van der Waals surface area contributed by atoms with Crippen molar-refractivity contribution >= 4 is 17.4 Å². The van der Waals surface area contributed by atoms with Crippen molar-refractivity contribution in [3.8, 4) is 0 Å². The SMILES string of the molecule is CN(C)CC(C)(C)CNc1cnnc(Cl)n1. The first kappa shape index (κ1) is 13.1. The van der Waals surface area contributed by atoms with Gasteiger partial charge in [-0.1, -0.05) is 13.8 Å². The van der Waals surface area contributed by atoms with Crippen molar-refractivity contribution in [2.24, 2.45) is 5.41 Å². The van der Waals surface area contributed by atoms with Gasteiger partial charge in [-0.15, -0.1) is 5.10 Å². The molecule has 1 aromatic heterocycles. The van der Waals surface area contributed by atoms with E-state index in [1.165, 1.54) is 0 Å². The normalized spacial score (nSPS) is 11.9. The Morgan fingerprint density at radius 3 is 2.69 bits per heavy atom. The largest absolute Gasteiger partial charge is 0.368 e. The topological polar surface area (TPSA) is 53.9 Å². The molecular formula is C10H18ClN5. The van der Waals surface area contributed by atoms with E-state index in [9.17, 15) is 0 Å². The number of aromatic nitrogens is 3. The van der Waals surface area contributed by atoms with Gasteiger partial charge in [0.2, 0.25) is 5.28 Å². The van der Waals surface area contributed by atoms with Crippen LogP contribution in [0, 0.1) is 5.41 Å². The quantitative estimate of drug-likeness (QED) is 0.850. The summed E-state index contributed by atoms with van der Waals surface area (Å²) in [7, 11) is 4.12. The maximum Gasteiger partial charge on any atom is 0.244 e. The summed E-state index contributed by atoms with van der Waals surface area (Å²) in [5.74, 6) is 0.659. The highest BCUT2D eigenvalue weighted by atomic mass is 35.5. The molecule has 0 unspecified atom stereocenters. The van der Waals surface area contributed by atoms with Crippen LogP contribution in [0.5, 0.6) is 0 Å². The van der Waals surface area contributed by atoms with E-state index in [0.717, 1.165) is 13.1 Å². The molecule has 0 fully saturated rings. The maximum absolute atomic E-state index is 5.65. The van der Waals surface area contributed by atoms with Crippen LogP contribution in [-0.2, 0) is 0 Å². The second-order valence-corrected chi connectivity index (χ2v) is 5.20. The Labute approximate surface area is 101 Å². The van der Waals surface area contributed by atoms with Crippen LogP contribution in [0.1, 0.15) is 13.8 Å². The second-order valence-electron chi connectivity index (χ2n) is 4.87. The first-order chi connectivity index (χ1) is 7.39. The van der Waals surface area contributed by atoms with E-state index >= 15 is 0 Å². The molecule has 90 valence electrons. The fourth-order valence-corrected chi connectivity index (χ4v) is 1.74. The van der Waals surface area contributed by atoms with E-state index in [1.54, 1.807) is 6.20 Å².